The van der Waals surface area contributed by atoms with Crippen LogP contribution in [0.4, 0.5) is 5.82 Å². The molecule has 0 bridgehead atoms. The van der Waals surface area contributed by atoms with Gasteiger partial charge in [-0.05, 0) is 88.7 Å². The maximum atomic E-state index is 13.8. The average molecular weight is 535 g/mol. The molecule has 8 nitrogen and oxygen atoms in total. The minimum Gasteiger partial charge on any atom is -0.354 e. The highest BCUT2D eigenvalue weighted by atomic mass is 16.1. The van der Waals surface area contributed by atoms with E-state index in [1.165, 1.54) is 12.3 Å². The van der Waals surface area contributed by atoms with Crippen molar-refractivity contribution in [3.8, 4) is 11.1 Å². The summed E-state index contributed by atoms with van der Waals surface area (Å²) in [5.74, 6) is -0.697. The largest absolute Gasteiger partial charge is 0.354 e. The Morgan fingerprint density at radius 1 is 1.08 bits per heavy atom. The number of likely N-dealkylation sites (N-methyl/N-ethyl adjacent to an activating group) is 1. The first-order valence-electron chi connectivity index (χ1n) is 16.8. The van der Waals surface area contributed by atoms with E-state index < -0.39 is 31.9 Å². The van der Waals surface area contributed by atoms with Gasteiger partial charge in [-0.2, -0.15) is 0 Å². The smallest absolute Gasteiger partial charge is 0.253 e. The van der Waals surface area contributed by atoms with Gasteiger partial charge in [0.15, 0.2) is 0 Å². The first-order valence-corrected chi connectivity index (χ1v) is 12.8. The quantitative estimate of drug-likeness (QED) is 0.378. The van der Waals surface area contributed by atoms with E-state index in [1.54, 1.807) is 19.1 Å². The number of aryl methyl sites for hydroxylation is 3. The Morgan fingerprint density at radius 2 is 1.82 bits per heavy atom. The van der Waals surface area contributed by atoms with Gasteiger partial charge in [-0.15, -0.1) is 0 Å². The predicted octanol–water partition coefficient (Wildman–Crippen LogP) is 4.58. The summed E-state index contributed by atoms with van der Waals surface area (Å²) in [5.41, 5.74) is 4.77. The maximum absolute atomic E-state index is 13.8. The van der Waals surface area contributed by atoms with Crippen LogP contribution in [-0.4, -0.2) is 58.4 Å². The van der Waals surface area contributed by atoms with Crippen molar-refractivity contribution in [1.82, 2.24) is 24.8 Å². The number of anilines is 1. The van der Waals surface area contributed by atoms with Crippen molar-refractivity contribution in [3.63, 3.8) is 0 Å². The molecular formula is C31H38N6O2. The first kappa shape index (κ1) is 18.4. The maximum Gasteiger partial charge on any atom is 0.253 e. The number of carbonyl (C=O) groups is 1. The van der Waals surface area contributed by atoms with Gasteiger partial charge in [0.05, 0.1) is 5.48 Å². The highest BCUT2D eigenvalue weighted by molar-refractivity contribution is 6.09. The normalized spacial score (nSPS) is 22.6. The molecule has 0 saturated carbocycles. The highest BCUT2D eigenvalue weighted by Crippen LogP contribution is 2.33. The molecule has 0 aliphatic carbocycles. The molecule has 0 unspecified atom stereocenters. The summed E-state index contributed by atoms with van der Waals surface area (Å²) < 4.78 is 69.5. The van der Waals surface area contributed by atoms with Gasteiger partial charge in [0.1, 0.15) is 5.82 Å². The number of hydrogen-bond acceptors (Lipinski definition) is 5. The van der Waals surface area contributed by atoms with Crippen LogP contribution in [0.5, 0.6) is 0 Å². The molecule has 1 aromatic carbocycles. The van der Waals surface area contributed by atoms with Gasteiger partial charge < -0.3 is 24.7 Å². The standard InChI is InChI=1S/C31H38N6O2/c1-19(2)37-18-21(4)29-25(30(38)33-17-26-20(3)13-22(5)34-31(26)39)14-24(15-27(29)37)23-7-8-28(32-16-23)36-11-9-35(6)10-12-36/h7-8,13-16,18-19H,9-12,17H2,1-6H3,(H,33,38)(H,34,39)/i9D2,10D2,11D2,12D2. The fourth-order valence-electron chi connectivity index (χ4n) is 4.84. The third kappa shape index (κ3) is 5.34. The summed E-state index contributed by atoms with van der Waals surface area (Å²) in [7, 11) is 1.00. The lowest BCUT2D eigenvalue weighted by Crippen LogP contribution is -2.44. The molecule has 1 aliphatic rings. The van der Waals surface area contributed by atoms with Crippen LogP contribution < -0.4 is 15.8 Å². The second kappa shape index (κ2) is 10.7. The zero-order valence-electron chi connectivity index (χ0n) is 30.9. The van der Waals surface area contributed by atoms with E-state index in [2.05, 4.69) is 15.3 Å². The van der Waals surface area contributed by atoms with Gasteiger partial charge >= 0.3 is 0 Å². The predicted molar refractivity (Wildman–Crippen MR) is 158 cm³/mol. The molecule has 8 heteroatoms. The van der Waals surface area contributed by atoms with E-state index in [1.807, 2.05) is 50.6 Å². The lowest BCUT2D eigenvalue weighted by Gasteiger charge is -2.33. The zero-order chi connectivity index (χ0) is 35.0. The number of fused-ring (bicyclic) bond motifs is 1. The number of pyridine rings is 2. The SMILES string of the molecule is [2H]C1([2H])N(C)C([2H])([2H])C([2H])([2H])N(c2ccc(-c3cc(C(=O)NCc4c(C)cc(C)[nH]c4=O)c4c(C)cn(C(C)C)c4c3)cn2)C1([2H])[2H]. The Bertz CT molecular complexity index is 1910. The average Bonchev–Trinajstić information content (AvgIpc) is 3.31. The van der Waals surface area contributed by atoms with E-state index in [0.717, 1.165) is 34.8 Å². The number of amides is 1. The second-order valence-electron chi connectivity index (χ2n) is 10.1. The minimum absolute atomic E-state index is 0.0161. The Kier molecular flexibility index (Phi) is 5.04. The topological polar surface area (TPSA) is 86.3 Å². The lowest BCUT2D eigenvalue weighted by atomic mass is 9.98. The van der Waals surface area contributed by atoms with E-state index in [4.69, 9.17) is 11.0 Å². The van der Waals surface area contributed by atoms with Crippen molar-refractivity contribution < 1.29 is 15.8 Å². The molecular weight excluding hydrogens is 488 g/mol. The molecule has 39 heavy (non-hydrogen) atoms. The molecule has 0 radical (unpaired) electrons. The number of benzene rings is 1. The number of carbonyl (C=O) groups excluding carboxylic acids is 1. The first-order chi connectivity index (χ1) is 21.6. The van der Waals surface area contributed by atoms with Crippen LogP contribution in [0.1, 0.15) is 63.6 Å². The molecule has 0 atom stereocenters. The van der Waals surface area contributed by atoms with Crippen LogP contribution in [0.15, 0.2) is 47.5 Å². The van der Waals surface area contributed by atoms with Gasteiger partial charge in [-0.25, -0.2) is 4.98 Å². The van der Waals surface area contributed by atoms with Crippen LogP contribution in [0.2, 0.25) is 0 Å². The summed E-state index contributed by atoms with van der Waals surface area (Å²) in [6.07, 6.45) is 3.32. The molecule has 1 saturated heterocycles. The van der Waals surface area contributed by atoms with Gasteiger partial charge in [0, 0.05) is 89.7 Å². The number of nitrogens with zero attached hydrogens (tertiary/aromatic N) is 4. The van der Waals surface area contributed by atoms with Gasteiger partial charge in [0.2, 0.25) is 0 Å². The zero-order valence-corrected chi connectivity index (χ0v) is 22.9. The molecule has 5 rings (SSSR count). The number of hydrogen-bond donors (Lipinski definition) is 2. The molecule has 4 heterocycles. The summed E-state index contributed by atoms with van der Waals surface area (Å²) in [4.78, 5) is 34.3. The monoisotopic (exact) mass is 534 g/mol. The van der Waals surface area contributed by atoms with Gasteiger partial charge in [-0.3, -0.25) is 9.59 Å². The number of aromatic amines is 1. The second-order valence-corrected chi connectivity index (χ2v) is 10.1. The third-order valence-corrected chi connectivity index (χ3v) is 6.81. The van der Waals surface area contributed by atoms with Crippen LogP contribution in [0, 0.1) is 20.8 Å². The number of nitrogens with one attached hydrogen (secondary N) is 2. The number of rotatable bonds is 6. The van der Waals surface area contributed by atoms with Crippen molar-refractivity contribution in [1.29, 1.82) is 0 Å². The molecule has 0 spiro atoms. The van der Waals surface area contributed by atoms with Gasteiger partial charge in [-0.1, -0.05) is 0 Å². The van der Waals surface area contributed by atoms with Crippen LogP contribution in [0.25, 0.3) is 22.0 Å². The Hall–Kier alpha value is -3.91. The van der Waals surface area contributed by atoms with Crippen molar-refractivity contribution in [3.05, 3.63) is 81.0 Å². The van der Waals surface area contributed by atoms with Crippen molar-refractivity contribution in [2.45, 2.75) is 47.2 Å². The third-order valence-electron chi connectivity index (χ3n) is 6.81. The molecule has 204 valence electrons. The molecule has 3 aromatic heterocycles. The molecule has 1 amide bonds. The molecule has 1 fully saturated rings. The van der Waals surface area contributed by atoms with Crippen molar-refractivity contribution >= 4 is 22.6 Å². The van der Waals surface area contributed by atoms with E-state index in [-0.39, 0.29) is 24.0 Å². The summed E-state index contributed by atoms with van der Waals surface area (Å²) in [6.45, 7) is -2.29. The number of aromatic nitrogens is 3. The van der Waals surface area contributed by atoms with E-state index >= 15 is 0 Å². The Labute approximate surface area is 240 Å². The molecule has 1 aliphatic heterocycles. The fourth-order valence-corrected chi connectivity index (χ4v) is 4.84. The van der Waals surface area contributed by atoms with Crippen molar-refractivity contribution in [2.75, 3.05) is 37.9 Å². The number of piperazine rings is 1. The van der Waals surface area contributed by atoms with Crippen molar-refractivity contribution in [2.24, 2.45) is 0 Å². The molecule has 4 aromatic rings. The molecule has 2 N–H and O–H groups in total. The van der Waals surface area contributed by atoms with E-state index in [9.17, 15) is 9.59 Å². The summed E-state index contributed by atoms with van der Waals surface area (Å²) in [5, 5.41) is 3.63. The van der Waals surface area contributed by atoms with Crippen LogP contribution >= 0.6 is 0 Å². The summed E-state index contributed by atoms with van der Waals surface area (Å²) in [6, 6.07) is 8.35. The highest BCUT2D eigenvalue weighted by Gasteiger charge is 2.20. The lowest BCUT2D eigenvalue weighted by molar-refractivity contribution is 0.0952. The minimum atomic E-state index is -3.01. The van der Waals surface area contributed by atoms with Crippen LogP contribution in [-0.2, 0) is 6.54 Å². The van der Waals surface area contributed by atoms with Gasteiger partial charge in [0.25, 0.3) is 11.5 Å². The Morgan fingerprint density at radius 3 is 2.46 bits per heavy atom. The number of H-pyrrole nitrogens is 1. The Balaban J connectivity index is 1.59. The summed E-state index contributed by atoms with van der Waals surface area (Å²) >= 11 is 0. The fraction of sp³-hybridized carbons (Fsp3) is 0.387. The van der Waals surface area contributed by atoms with E-state index in [0.29, 0.717) is 32.1 Å². The van der Waals surface area contributed by atoms with Crippen LogP contribution in [0.3, 0.4) is 0 Å².